The van der Waals surface area contributed by atoms with E-state index in [0.29, 0.717) is 25.2 Å². The summed E-state index contributed by atoms with van der Waals surface area (Å²) in [6.07, 6.45) is 0.177. The number of Topliss-reactive ketones (excluding diaryl/α,β-unsaturated/α-hetero) is 1. The monoisotopic (exact) mass is 362 g/mol. The first-order valence-corrected chi connectivity index (χ1v) is 8.45. The normalized spacial score (nSPS) is 18.1. The molecule has 5 nitrogen and oxygen atoms in total. The number of carbonyl (C=O) groups excluding carboxylic acids is 1. The van der Waals surface area contributed by atoms with E-state index >= 15 is 0 Å². The van der Waals surface area contributed by atoms with Crippen molar-refractivity contribution in [1.82, 2.24) is 15.0 Å². The van der Waals surface area contributed by atoms with Crippen molar-refractivity contribution >= 4 is 33.4 Å². The predicted molar refractivity (Wildman–Crippen MR) is 92.0 cm³/mol. The van der Waals surface area contributed by atoms with E-state index in [0.717, 1.165) is 22.0 Å². The number of rotatable bonds is 4. The molecule has 0 bridgehead atoms. The van der Waals surface area contributed by atoms with Crippen LogP contribution in [0, 0.1) is 5.92 Å². The standard InChI is InChI=1S/C18H17F3N4O/c19-18(20,21)8-12(26)7-11-3-6-25(10-11)15-2-5-22-14-9-24-17-13(16(14)15)1-4-23-17/h1-2,4-5,9,11,22H,3,6-8,10H2. The molecule has 1 aliphatic rings. The van der Waals surface area contributed by atoms with Gasteiger partial charge in [-0.25, -0.2) is 9.97 Å². The van der Waals surface area contributed by atoms with E-state index in [4.69, 9.17) is 0 Å². The number of nitrogens with one attached hydrogen (secondary N) is 1. The van der Waals surface area contributed by atoms with Gasteiger partial charge in [0.25, 0.3) is 0 Å². The molecule has 1 fully saturated rings. The van der Waals surface area contributed by atoms with Crippen molar-refractivity contribution in [2.75, 3.05) is 18.0 Å². The summed E-state index contributed by atoms with van der Waals surface area (Å²) in [6.45, 7) is 1.28. The average Bonchev–Trinajstić information content (AvgIpc) is 3.21. The molecule has 1 aliphatic heterocycles. The second-order valence-electron chi connectivity index (χ2n) is 6.73. The summed E-state index contributed by atoms with van der Waals surface area (Å²) in [7, 11) is 0. The van der Waals surface area contributed by atoms with Crippen LogP contribution in [0.4, 0.5) is 18.9 Å². The van der Waals surface area contributed by atoms with Crippen molar-refractivity contribution in [3.63, 3.8) is 0 Å². The quantitative estimate of drug-likeness (QED) is 0.766. The number of anilines is 1. The van der Waals surface area contributed by atoms with Gasteiger partial charge >= 0.3 is 6.18 Å². The number of ketones is 1. The summed E-state index contributed by atoms with van der Waals surface area (Å²) in [5, 5.41) is 1.93. The van der Waals surface area contributed by atoms with Gasteiger partial charge in [0, 0.05) is 48.4 Å². The topological polar surface area (TPSA) is 61.9 Å². The Morgan fingerprint density at radius 2 is 2.15 bits per heavy atom. The van der Waals surface area contributed by atoms with Gasteiger partial charge in [-0.05, 0) is 24.5 Å². The molecule has 26 heavy (non-hydrogen) atoms. The van der Waals surface area contributed by atoms with Gasteiger partial charge in [0.05, 0.1) is 11.7 Å². The third kappa shape index (κ3) is 3.23. The van der Waals surface area contributed by atoms with Gasteiger partial charge in [-0.15, -0.1) is 0 Å². The van der Waals surface area contributed by atoms with Crippen LogP contribution in [0.25, 0.3) is 21.9 Å². The van der Waals surface area contributed by atoms with Crippen molar-refractivity contribution in [2.45, 2.75) is 25.4 Å². The molecule has 136 valence electrons. The fourth-order valence-electron chi connectivity index (χ4n) is 3.74. The van der Waals surface area contributed by atoms with Crippen LogP contribution in [0.15, 0.2) is 30.7 Å². The van der Waals surface area contributed by atoms with E-state index in [9.17, 15) is 18.0 Å². The van der Waals surface area contributed by atoms with Gasteiger partial charge in [-0.2, -0.15) is 13.2 Å². The molecule has 4 rings (SSSR count). The molecule has 0 aliphatic carbocycles. The number of aromatic nitrogens is 3. The minimum absolute atomic E-state index is 0.0260. The highest BCUT2D eigenvalue weighted by Crippen LogP contribution is 2.35. The van der Waals surface area contributed by atoms with E-state index in [1.807, 2.05) is 18.3 Å². The number of carbonyl (C=O) groups is 1. The Bertz CT molecular complexity index is 966. The zero-order chi connectivity index (χ0) is 18.3. The summed E-state index contributed by atoms with van der Waals surface area (Å²) in [5.41, 5.74) is 2.53. The smallest absolute Gasteiger partial charge is 0.371 e. The first kappa shape index (κ1) is 16.8. The predicted octanol–water partition coefficient (Wildman–Crippen LogP) is 3.85. The lowest BCUT2D eigenvalue weighted by atomic mass is 10.0. The summed E-state index contributed by atoms with van der Waals surface area (Å²) in [4.78, 5) is 25.5. The minimum atomic E-state index is -4.43. The maximum absolute atomic E-state index is 12.4. The van der Waals surface area contributed by atoms with Crippen molar-refractivity contribution in [2.24, 2.45) is 5.92 Å². The average molecular weight is 362 g/mol. The number of aromatic amines is 1. The number of fused-ring (bicyclic) bond motifs is 3. The number of pyridine rings is 2. The zero-order valence-electron chi connectivity index (χ0n) is 13.9. The molecule has 8 heteroatoms. The maximum Gasteiger partial charge on any atom is 0.395 e. The molecule has 3 aromatic heterocycles. The molecule has 1 saturated heterocycles. The maximum atomic E-state index is 12.4. The van der Waals surface area contributed by atoms with Gasteiger partial charge in [0.15, 0.2) is 5.65 Å². The fourth-order valence-corrected chi connectivity index (χ4v) is 3.74. The molecule has 1 N–H and O–H groups in total. The van der Waals surface area contributed by atoms with Crippen LogP contribution in [0.5, 0.6) is 0 Å². The molecule has 0 amide bonds. The van der Waals surface area contributed by atoms with E-state index < -0.39 is 18.4 Å². The Kier molecular flexibility index (Phi) is 4.05. The van der Waals surface area contributed by atoms with Gasteiger partial charge in [0.1, 0.15) is 12.2 Å². The Morgan fingerprint density at radius 3 is 2.96 bits per heavy atom. The highest BCUT2D eigenvalue weighted by atomic mass is 19.4. The van der Waals surface area contributed by atoms with E-state index in [1.54, 1.807) is 12.4 Å². The Morgan fingerprint density at radius 1 is 1.31 bits per heavy atom. The fraction of sp³-hybridized carbons (Fsp3) is 0.389. The van der Waals surface area contributed by atoms with Crippen LogP contribution in [-0.2, 0) is 4.79 Å². The molecule has 0 saturated carbocycles. The zero-order valence-corrected chi connectivity index (χ0v) is 13.9. The highest BCUT2D eigenvalue weighted by molar-refractivity contribution is 6.10. The first-order chi connectivity index (χ1) is 12.4. The van der Waals surface area contributed by atoms with Crippen LogP contribution >= 0.6 is 0 Å². The number of nitrogens with zero attached hydrogens (tertiary/aromatic N) is 3. The van der Waals surface area contributed by atoms with Crippen molar-refractivity contribution in [1.29, 1.82) is 0 Å². The largest absolute Gasteiger partial charge is 0.395 e. The number of H-pyrrole nitrogens is 1. The molecule has 1 unspecified atom stereocenters. The van der Waals surface area contributed by atoms with Crippen molar-refractivity contribution < 1.29 is 18.0 Å². The molecule has 0 spiro atoms. The second-order valence-corrected chi connectivity index (χ2v) is 6.73. The Balaban J connectivity index is 1.58. The van der Waals surface area contributed by atoms with Crippen molar-refractivity contribution in [3.05, 3.63) is 30.7 Å². The first-order valence-electron chi connectivity index (χ1n) is 8.45. The summed E-state index contributed by atoms with van der Waals surface area (Å²) in [6, 6.07) is 3.86. The SMILES string of the molecule is O=C(CC1CCN(c2cc[nH]c3cnc4nccc4c23)C1)CC(F)(F)F. The van der Waals surface area contributed by atoms with Crippen LogP contribution < -0.4 is 4.90 Å². The number of hydrogen-bond acceptors (Lipinski definition) is 4. The van der Waals surface area contributed by atoms with Crippen LogP contribution in [-0.4, -0.2) is 40.0 Å². The molecule has 0 radical (unpaired) electrons. The van der Waals surface area contributed by atoms with Gasteiger partial charge in [-0.1, -0.05) is 0 Å². The van der Waals surface area contributed by atoms with Crippen molar-refractivity contribution in [3.8, 4) is 0 Å². The van der Waals surface area contributed by atoms with E-state index in [1.165, 1.54) is 0 Å². The highest BCUT2D eigenvalue weighted by Gasteiger charge is 2.33. The third-order valence-electron chi connectivity index (χ3n) is 4.81. The van der Waals surface area contributed by atoms with Gasteiger partial charge < -0.3 is 9.88 Å². The number of halogens is 3. The molecule has 3 aromatic rings. The molecule has 1 atom stereocenters. The summed E-state index contributed by atoms with van der Waals surface area (Å²) >= 11 is 0. The number of hydrogen-bond donors (Lipinski definition) is 1. The lowest BCUT2D eigenvalue weighted by molar-refractivity contribution is -0.152. The van der Waals surface area contributed by atoms with E-state index in [2.05, 4.69) is 19.9 Å². The molecule has 4 heterocycles. The summed E-state index contributed by atoms with van der Waals surface area (Å²) in [5.74, 6) is -0.790. The van der Waals surface area contributed by atoms with Crippen LogP contribution in [0.1, 0.15) is 19.3 Å². The minimum Gasteiger partial charge on any atom is -0.371 e. The van der Waals surface area contributed by atoms with Gasteiger partial charge in [-0.3, -0.25) is 4.79 Å². The molecule has 0 aromatic carbocycles. The molecular weight excluding hydrogens is 345 g/mol. The molecular formula is C18H17F3N4O. The van der Waals surface area contributed by atoms with Crippen LogP contribution in [0.2, 0.25) is 0 Å². The van der Waals surface area contributed by atoms with E-state index in [-0.39, 0.29) is 12.3 Å². The third-order valence-corrected chi connectivity index (χ3v) is 4.81. The lowest BCUT2D eigenvalue weighted by Crippen LogP contribution is -2.22. The lowest BCUT2D eigenvalue weighted by Gasteiger charge is -2.21. The van der Waals surface area contributed by atoms with Gasteiger partial charge in [0.2, 0.25) is 0 Å². The second kappa shape index (κ2) is 6.26. The summed E-state index contributed by atoms with van der Waals surface area (Å²) < 4.78 is 37.1. The van der Waals surface area contributed by atoms with Crippen LogP contribution in [0.3, 0.4) is 0 Å². The Hall–Kier alpha value is -2.64. The number of alkyl halides is 3. The Labute approximate surface area is 147 Å².